The lowest BCUT2D eigenvalue weighted by Gasteiger charge is -2.46. The number of hydrogen-bond acceptors (Lipinski definition) is 2. The molecule has 29 heavy (non-hydrogen) atoms. The van der Waals surface area contributed by atoms with Crippen LogP contribution in [0, 0.1) is 5.82 Å². The summed E-state index contributed by atoms with van der Waals surface area (Å²) >= 11 is 0. The minimum atomic E-state index is -0.296. The summed E-state index contributed by atoms with van der Waals surface area (Å²) in [5.74, 6) is -0.183. The van der Waals surface area contributed by atoms with Crippen LogP contribution in [0.2, 0.25) is 0 Å². The van der Waals surface area contributed by atoms with Crippen LogP contribution in [0.4, 0.5) is 4.39 Å². The van der Waals surface area contributed by atoms with Crippen molar-refractivity contribution >= 4 is 16.7 Å². The predicted octanol–water partition coefficient (Wildman–Crippen LogP) is 5.81. The van der Waals surface area contributed by atoms with Crippen molar-refractivity contribution in [2.75, 3.05) is 6.54 Å². The molecule has 1 saturated heterocycles. The molecule has 3 nitrogen and oxygen atoms in total. The molecule has 0 amide bonds. The maximum atomic E-state index is 13.0. The van der Waals surface area contributed by atoms with Crippen LogP contribution in [0.25, 0.3) is 10.9 Å². The van der Waals surface area contributed by atoms with Crippen LogP contribution in [0.3, 0.4) is 0 Å². The zero-order valence-corrected chi connectivity index (χ0v) is 16.7. The van der Waals surface area contributed by atoms with E-state index in [0.717, 1.165) is 25.8 Å². The zero-order chi connectivity index (χ0) is 19.8. The largest absolute Gasteiger partial charge is 0.358 e. The van der Waals surface area contributed by atoms with Crippen LogP contribution in [-0.2, 0) is 6.42 Å². The topological polar surface area (TPSA) is 36.1 Å². The molecule has 0 aliphatic carbocycles. The average molecular weight is 391 g/mol. The number of ketones is 1. The molecule has 2 atom stereocenters. The summed E-state index contributed by atoms with van der Waals surface area (Å²) in [6.07, 6.45) is 7.33. The van der Waals surface area contributed by atoms with Gasteiger partial charge in [0.25, 0.3) is 0 Å². The first-order chi connectivity index (χ1) is 14.2. The number of hydrogen-bond donors (Lipinski definition) is 1. The predicted molar refractivity (Wildman–Crippen MR) is 114 cm³/mol. The van der Waals surface area contributed by atoms with E-state index in [-0.39, 0.29) is 11.6 Å². The number of nitrogens with zero attached hydrogens (tertiary/aromatic N) is 1. The standard InChI is InChI=1S/C25H27FN2O/c26-18-13-11-17(12-14-18)24(29)10-3-4-15-28-19-6-5-9-23(28)25-20-7-1-2-8-21(20)27-22(25)16-19/h1-2,7-8,11-14,19,23,27H,3-6,9-10,15-16H2/t19-,23+/m0/s1. The van der Waals surface area contributed by atoms with Gasteiger partial charge in [0.15, 0.2) is 5.78 Å². The zero-order valence-electron chi connectivity index (χ0n) is 16.7. The number of fused-ring (bicyclic) bond motifs is 6. The van der Waals surface area contributed by atoms with Crippen molar-refractivity contribution in [3.63, 3.8) is 0 Å². The molecular weight excluding hydrogens is 363 g/mol. The van der Waals surface area contributed by atoms with Crippen molar-refractivity contribution in [3.8, 4) is 0 Å². The Balaban J connectivity index is 1.25. The maximum Gasteiger partial charge on any atom is 0.162 e. The van der Waals surface area contributed by atoms with Gasteiger partial charge in [-0.25, -0.2) is 4.39 Å². The maximum absolute atomic E-state index is 13.0. The number of Topliss-reactive ketones (excluding diaryl/α,β-unsaturated/α-hetero) is 1. The van der Waals surface area contributed by atoms with Crippen LogP contribution in [0.1, 0.15) is 66.2 Å². The van der Waals surface area contributed by atoms with Gasteiger partial charge in [-0.2, -0.15) is 0 Å². The van der Waals surface area contributed by atoms with Crippen LogP contribution < -0.4 is 0 Å². The van der Waals surface area contributed by atoms with Gasteiger partial charge in [0.1, 0.15) is 5.82 Å². The van der Waals surface area contributed by atoms with Crippen molar-refractivity contribution < 1.29 is 9.18 Å². The lowest BCUT2D eigenvalue weighted by atomic mass is 9.82. The number of H-pyrrole nitrogens is 1. The number of aromatic amines is 1. The molecular formula is C25H27FN2O. The van der Waals surface area contributed by atoms with Crippen LogP contribution in [-0.4, -0.2) is 28.3 Å². The molecule has 1 fully saturated rings. The monoisotopic (exact) mass is 390 g/mol. The summed E-state index contributed by atoms with van der Waals surface area (Å²) in [5, 5.41) is 1.38. The number of nitrogens with one attached hydrogen (secondary N) is 1. The number of benzene rings is 2. The highest BCUT2D eigenvalue weighted by Crippen LogP contribution is 2.44. The Hall–Kier alpha value is -2.46. The van der Waals surface area contributed by atoms with Gasteiger partial charge in [0, 0.05) is 47.1 Å². The van der Waals surface area contributed by atoms with Gasteiger partial charge in [-0.05, 0) is 74.5 Å². The fourth-order valence-electron chi connectivity index (χ4n) is 5.36. The summed E-state index contributed by atoms with van der Waals surface area (Å²) in [6.45, 7) is 1.05. The van der Waals surface area contributed by atoms with E-state index in [1.54, 1.807) is 12.1 Å². The number of para-hydroxylation sites is 1. The molecule has 5 rings (SSSR count). The minimum absolute atomic E-state index is 0.114. The Morgan fingerprint density at radius 2 is 1.90 bits per heavy atom. The first-order valence-corrected chi connectivity index (χ1v) is 10.8. The second kappa shape index (κ2) is 7.75. The van der Waals surface area contributed by atoms with E-state index < -0.39 is 0 Å². The third kappa shape index (κ3) is 3.51. The number of carbonyl (C=O) groups is 1. The Labute approximate surface area is 170 Å². The lowest BCUT2D eigenvalue weighted by molar-refractivity contribution is 0.0671. The molecule has 2 aliphatic rings. The van der Waals surface area contributed by atoms with Crippen molar-refractivity contribution in [3.05, 3.63) is 71.2 Å². The normalized spacial score (nSPS) is 21.3. The number of piperidine rings is 1. The van der Waals surface area contributed by atoms with Gasteiger partial charge < -0.3 is 4.98 Å². The number of carbonyl (C=O) groups excluding carboxylic acids is 1. The summed E-state index contributed by atoms with van der Waals surface area (Å²) in [6, 6.07) is 15.7. The van der Waals surface area contributed by atoms with E-state index in [9.17, 15) is 9.18 Å². The van der Waals surface area contributed by atoms with Gasteiger partial charge in [0.2, 0.25) is 0 Å². The fraction of sp³-hybridized carbons (Fsp3) is 0.400. The number of halogens is 1. The lowest BCUT2D eigenvalue weighted by Crippen LogP contribution is -2.46. The third-order valence-corrected chi connectivity index (χ3v) is 6.72. The Morgan fingerprint density at radius 1 is 1.07 bits per heavy atom. The quantitative estimate of drug-likeness (QED) is 0.426. The van der Waals surface area contributed by atoms with E-state index in [4.69, 9.17) is 0 Å². The molecule has 2 aromatic carbocycles. The van der Waals surface area contributed by atoms with Gasteiger partial charge in [-0.1, -0.05) is 18.2 Å². The molecule has 3 aromatic rings. The highest BCUT2D eigenvalue weighted by Gasteiger charge is 2.38. The van der Waals surface area contributed by atoms with Gasteiger partial charge in [0.05, 0.1) is 0 Å². The number of rotatable bonds is 6. The number of unbranched alkanes of at least 4 members (excludes halogenated alkanes) is 1. The molecule has 3 heterocycles. The van der Waals surface area contributed by atoms with Crippen LogP contribution in [0.15, 0.2) is 48.5 Å². The first kappa shape index (κ1) is 18.6. The molecule has 4 heteroatoms. The molecule has 1 aromatic heterocycles. The Bertz CT molecular complexity index is 1020. The first-order valence-electron chi connectivity index (χ1n) is 10.8. The molecule has 2 bridgehead atoms. The van der Waals surface area contributed by atoms with E-state index >= 15 is 0 Å². The van der Waals surface area contributed by atoms with Gasteiger partial charge in [-0.15, -0.1) is 0 Å². The van der Waals surface area contributed by atoms with E-state index in [2.05, 4.69) is 34.1 Å². The highest BCUT2D eigenvalue weighted by molar-refractivity contribution is 5.95. The van der Waals surface area contributed by atoms with Crippen LogP contribution >= 0.6 is 0 Å². The molecule has 0 unspecified atom stereocenters. The average Bonchev–Trinajstić information content (AvgIpc) is 3.09. The SMILES string of the molecule is O=C(CCCCN1[C@H]2CCC[C@@H]1c1c([nH]c3ccccc13)C2)c1ccc(F)cc1. The Kier molecular flexibility index (Phi) is 4.96. The van der Waals surface area contributed by atoms with Gasteiger partial charge in [-0.3, -0.25) is 9.69 Å². The molecule has 0 radical (unpaired) electrons. The van der Waals surface area contributed by atoms with Crippen molar-refractivity contribution in [2.24, 2.45) is 0 Å². The summed E-state index contributed by atoms with van der Waals surface area (Å²) in [4.78, 5) is 18.7. The second-order valence-electron chi connectivity index (χ2n) is 8.49. The summed E-state index contributed by atoms with van der Waals surface area (Å²) < 4.78 is 13.0. The Morgan fingerprint density at radius 3 is 2.76 bits per heavy atom. The highest BCUT2D eigenvalue weighted by atomic mass is 19.1. The second-order valence-corrected chi connectivity index (χ2v) is 8.49. The molecule has 150 valence electrons. The van der Waals surface area contributed by atoms with E-state index in [1.807, 2.05) is 0 Å². The minimum Gasteiger partial charge on any atom is -0.358 e. The summed E-state index contributed by atoms with van der Waals surface area (Å²) in [5.41, 5.74) is 4.82. The summed E-state index contributed by atoms with van der Waals surface area (Å²) in [7, 11) is 0. The smallest absolute Gasteiger partial charge is 0.162 e. The van der Waals surface area contributed by atoms with E-state index in [1.165, 1.54) is 53.6 Å². The van der Waals surface area contributed by atoms with E-state index in [0.29, 0.717) is 24.1 Å². The van der Waals surface area contributed by atoms with Crippen molar-refractivity contribution in [2.45, 2.75) is 57.0 Å². The van der Waals surface area contributed by atoms with Gasteiger partial charge >= 0.3 is 0 Å². The molecule has 1 N–H and O–H groups in total. The van der Waals surface area contributed by atoms with Crippen molar-refractivity contribution in [1.29, 1.82) is 0 Å². The van der Waals surface area contributed by atoms with Crippen molar-refractivity contribution in [1.82, 2.24) is 9.88 Å². The fourth-order valence-corrected chi connectivity index (χ4v) is 5.36. The van der Waals surface area contributed by atoms with Crippen LogP contribution in [0.5, 0.6) is 0 Å². The number of aromatic nitrogens is 1. The third-order valence-electron chi connectivity index (χ3n) is 6.72. The molecule has 2 aliphatic heterocycles. The molecule has 0 spiro atoms. The molecule has 0 saturated carbocycles.